The highest BCUT2D eigenvalue weighted by molar-refractivity contribution is 5.35. The van der Waals surface area contributed by atoms with Crippen molar-refractivity contribution < 1.29 is 0 Å². The van der Waals surface area contributed by atoms with Crippen molar-refractivity contribution in [1.29, 1.82) is 0 Å². The monoisotopic (exact) mass is 238 g/mol. The average Bonchev–Trinajstić information content (AvgIpc) is 3.22. The number of nitrogens with two attached hydrogens (primary N) is 1. The van der Waals surface area contributed by atoms with Crippen molar-refractivity contribution in [3.63, 3.8) is 0 Å². The summed E-state index contributed by atoms with van der Waals surface area (Å²) in [5, 5.41) is 0. The van der Waals surface area contributed by atoms with Gasteiger partial charge < -0.3 is 5.73 Å². The molecule has 2 nitrogen and oxygen atoms in total. The molecule has 1 fully saturated rings. The summed E-state index contributed by atoms with van der Waals surface area (Å²) in [6.07, 6.45) is 7.15. The lowest BCUT2D eigenvalue weighted by Crippen LogP contribution is -2.19. The zero-order chi connectivity index (χ0) is 12.4. The zero-order valence-corrected chi connectivity index (χ0v) is 10.5. The molecule has 2 aromatic rings. The van der Waals surface area contributed by atoms with E-state index in [0.717, 1.165) is 13.0 Å². The third kappa shape index (κ3) is 2.16. The third-order valence-electron chi connectivity index (χ3n) is 3.97. The first-order chi connectivity index (χ1) is 8.82. The van der Waals surface area contributed by atoms with Crippen LogP contribution in [-0.2, 0) is 11.8 Å². The van der Waals surface area contributed by atoms with Gasteiger partial charge in [-0.2, -0.15) is 0 Å². The molecular weight excluding hydrogens is 220 g/mol. The van der Waals surface area contributed by atoms with Crippen molar-refractivity contribution in [3.8, 4) is 0 Å². The van der Waals surface area contributed by atoms with Gasteiger partial charge in [-0.1, -0.05) is 24.3 Å². The Balaban J connectivity index is 1.76. The van der Waals surface area contributed by atoms with Gasteiger partial charge in [-0.05, 0) is 48.1 Å². The number of hydrogen-bond acceptors (Lipinski definition) is 2. The molecule has 1 heterocycles. The van der Waals surface area contributed by atoms with Crippen LogP contribution < -0.4 is 5.73 Å². The van der Waals surface area contributed by atoms with Crippen LogP contribution >= 0.6 is 0 Å². The first kappa shape index (κ1) is 11.4. The van der Waals surface area contributed by atoms with Gasteiger partial charge in [0.15, 0.2) is 0 Å². The molecule has 0 atom stereocenters. The molecule has 0 radical (unpaired) electrons. The van der Waals surface area contributed by atoms with E-state index in [1.165, 1.54) is 29.5 Å². The number of aromatic nitrogens is 1. The van der Waals surface area contributed by atoms with Gasteiger partial charge in [-0.3, -0.25) is 4.98 Å². The maximum atomic E-state index is 5.86. The van der Waals surface area contributed by atoms with E-state index in [1.54, 1.807) is 0 Å². The van der Waals surface area contributed by atoms with Crippen LogP contribution in [0.3, 0.4) is 0 Å². The molecule has 92 valence electrons. The van der Waals surface area contributed by atoms with Gasteiger partial charge in [0, 0.05) is 24.4 Å². The summed E-state index contributed by atoms with van der Waals surface area (Å²) >= 11 is 0. The van der Waals surface area contributed by atoms with Crippen LogP contribution in [0.1, 0.15) is 29.5 Å². The second kappa shape index (κ2) is 4.54. The van der Waals surface area contributed by atoms with E-state index in [4.69, 9.17) is 5.73 Å². The normalized spacial score (nSPS) is 16.5. The molecule has 0 amide bonds. The van der Waals surface area contributed by atoms with Crippen molar-refractivity contribution in [2.75, 3.05) is 6.54 Å². The van der Waals surface area contributed by atoms with E-state index in [0.29, 0.717) is 5.41 Å². The Hall–Kier alpha value is -1.67. The predicted molar refractivity (Wildman–Crippen MR) is 73.5 cm³/mol. The largest absolute Gasteiger partial charge is 0.330 e. The summed E-state index contributed by atoms with van der Waals surface area (Å²) in [4.78, 5) is 4.04. The minimum absolute atomic E-state index is 0.301. The van der Waals surface area contributed by atoms with E-state index in [-0.39, 0.29) is 0 Å². The molecule has 1 aliphatic rings. The molecule has 2 heteroatoms. The first-order valence-corrected chi connectivity index (χ1v) is 6.51. The molecule has 0 saturated heterocycles. The molecule has 1 aliphatic carbocycles. The van der Waals surface area contributed by atoms with E-state index < -0.39 is 0 Å². The lowest BCUT2D eigenvalue weighted by Gasteiger charge is -2.13. The van der Waals surface area contributed by atoms with Crippen LogP contribution in [0.4, 0.5) is 0 Å². The maximum Gasteiger partial charge on any atom is 0.0270 e. The minimum Gasteiger partial charge on any atom is -0.330 e. The van der Waals surface area contributed by atoms with Gasteiger partial charge in [0.1, 0.15) is 0 Å². The fourth-order valence-electron chi connectivity index (χ4n) is 2.47. The highest BCUT2D eigenvalue weighted by Gasteiger charge is 2.42. The van der Waals surface area contributed by atoms with E-state index >= 15 is 0 Å². The molecule has 2 N–H and O–H groups in total. The minimum atomic E-state index is 0.301. The van der Waals surface area contributed by atoms with Crippen LogP contribution in [0.15, 0.2) is 48.8 Å². The number of nitrogens with zero attached hydrogens (tertiary/aromatic N) is 1. The molecule has 1 aromatic carbocycles. The SMILES string of the molecule is NCC1(c2ccc(Cc3ccncc3)cc2)CC1. The molecule has 0 spiro atoms. The topological polar surface area (TPSA) is 38.9 Å². The Morgan fingerprint density at radius 1 is 0.944 bits per heavy atom. The fourth-order valence-corrected chi connectivity index (χ4v) is 2.47. The summed E-state index contributed by atoms with van der Waals surface area (Å²) in [6, 6.07) is 13.1. The molecule has 3 rings (SSSR count). The standard InChI is InChI=1S/C16H18N2/c17-12-16(7-8-16)15-3-1-13(2-4-15)11-14-5-9-18-10-6-14/h1-6,9-10H,7-8,11-12,17H2. The van der Waals surface area contributed by atoms with Crippen LogP contribution in [0, 0.1) is 0 Å². The van der Waals surface area contributed by atoms with Crippen LogP contribution in [0.2, 0.25) is 0 Å². The Labute approximate surface area is 108 Å². The van der Waals surface area contributed by atoms with E-state index in [1.807, 2.05) is 12.4 Å². The van der Waals surface area contributed by atoms with Crippen LogP contribution in [-0.4, -0.2) is 11.5 Å². The van der Waals surface area contributed by atoms with Crippen LogP contribution in [0.25, 0.3) is 0 Å². The molecule has 0 bridgehead atoms. The van der Waals surface area contributed by atoms with Crippen LogP contribution in [0.5, 0.6) is 0 Å². The third-order valence-corrected chi connectivity index (χ3v) is 3.97. The molecule has 1 aromatic heterocycles. The highest BCUT2D eigenvalue weighted by atomic mass is 14.7. The maximum absolute atomic E-state index is 5.86. The summed E-state index contributed by atoms with van der Waals surface area (Å²) in [5.74, 6) is 0. The van der Waals surface area contributed by atoms with Crippen molar-refractivity contribution in [2.24, 2.45) is 5.73 Å². The van der Waals surface area contributed by atoms with Gasteiger partial charge in [0.25, 0.3) is 0 Å². The fraction of sp³-hybridized carbons (Fsp3) is 0.312. The van der Waals surface area contributed by atoms with E-state index in [9.17, 15) is 0 Å². The Kier molecular flexibility index (Phi) is 2.88. The molecule has 0 unspecified atom stereocenters. The predicted octanol–water partition coefficient (Wildman–Crippen LogP) is 2.66. The number of rotatable bonds is 4. The number of hydrogen-bond donors (Lipinski definition) is 1. The second-order valence-electron chi connectivity index (χ2n) is 5.21. The number of benzene rings is 1. The summed E-state index contributed by atoms with van der Waals surface area (Å²) < 4.78 is 0. The van der Waals surface area contributed by atoms with Gasteiger partial charge in [-0.15, -0.1) is 0 Å². The second-order valence-corrected chi connectivity index (χ2v) is 5.21. The summed E-state index contributed by atoms with van der Waals surface area (Å²) in [7, 11) is 0. The summed E-state index contributed by atoms with van der Waals surface area (Å²) in [6.45, 7) is 0.775. The quantitative estimate of drug-likeness (QED) is 0.889. The average molecular weight is 238 g/mol. The van der Waals surface area contributed by atoms with Crippen molar-refractivity contribution in [3.05, 3.63) is 65.5 Å². The highest BCUT2D eigenvalue weighted by Crippen LogP contribution is 2.47. The van der Waals surface area contributed by atoms with Crippen molar-refractivity contribution in [1.82, 2.24) is 4.98 Å². The first-order valence-electron chi connectivity index (χ1n) is 6.51. The number of pyridine rings is 1. The Morgan fingerprint density at radius 3 is 2.11 bits per heavy atom. The van der Waals surface area contributed by atoms with Gasteiger partial charge >= 0.3 is 0 Å². The van der Waals surface area contributed by atoms with Crippen molar-refractivity contribution in [2.45, 2.75) is 24.7 Å². The Morgan fingerprint density at radius 2 is 1.56 bits per heavy atom. The molecule has 0 aliphatic heterocycles. The molecule has 1 saturated carbocycles. The lowest BCUT2D eigenvalue weighted by atomic mass is 9.94. The van der Waals surface area contributed by atoms with Gasteiger partial charge in [0.2, 0.25) is 0 Å². The summed E-state index contributed by atoms with van der Waals surface area (Å²) in [5.41, 5.74) is 10.2. The van der Waals surface area contributed by atoms with Gasteiger partial charge in [-0.25, -0.2) is 0 Å². The Bertz CT molecular complexity index is 513. The molecule has 18 heavy (non-hydrogen) atoms. The molecular formula is C16H18N2. The zero-order valence-electron chi connectivity index (χ0n) is 10.5. The lowest BCUT2D eigenvalue weighted by molar-refractivity contribution is 0.704. The van der Waals surface area contributed by atoms with Gasteiger partial charge in [0.05, 0.1) is 0 Å². The smallest absolute Gasteiger partial charge is 0.0270 e. The van der Waals surface area contributed by atoms with E-state index in [2.05, 4.69) is 41.4 Å². The van der Waals surface area contributed by atoms with Crippen molar-refractivity contribution >= 4 is 0 Å².